The predicted octanol–water partition coefficient (Wildman–Crippen LogP) is 2.05. The second kappa shape index (κ2) is 6.06. The lowest BCUT2D eigenvalue weighted by atomic mass is 10.1. The second-order valence-electron chi connectivity index (χ2n) is 3.08. The summed E-state index contributed by atoms with van der Waals surface area (Å²) in [5.41, 5.74) is 0.972. The van der Waals surface area contributed by atoms with Crippen LogP contribution in [-0.2, 0) is 0 Å². The van der Waals surface area contributed by atoms with Crippen LogP contribution in [0.25, 0.3) is 0 Å². The average molecular weight is 211 g/mol. The number of hydrogen-bond acceptors (Lipinski definition) is 3. The van der Waals surface area contributed by atoms with Crippen LogP contribution < -0.4 is 5.32 Å². The van der Waals surface area contributed by atoms with Crippen LogP contribution in [0.1, 0.15) is 18.6 Å². The Labute approximate surface area is 89.7 Å². The summed E-state index contributed by atoms with van der Waals surface area (Å²) < 4.78 is 0. The number of aliphatic hydroxyl groups is 1. The Morgan fingerprint density at radius 3 is 2.50 bits per heavy atom. The second-order valence-corrected chi connectivity index (χ2v) is 4.41. The van der Waals surface area contributed by atoms with Crippen LogP contribution in [0.5, 0.6) is 0 Å². The zero-order valence-electron chi connectivity index (χ0n) is 8.66. The van der Waals surface area contributed by atoms with Crippen LogP contribution in [0, 0.1) is 0 Å². The van der Waals surface area contributed by atoms with Crippen molar-refractivity contribution in [3.8, 4) is 0 Å². The van der Waals surface area contributed by atoms with Gasteiger partial charge in [0.1, 0.15) is 0 Å². The molecule has 1 unspecified atom stereocenters. The molecule has 0 aliphatic carbocycles. The van der Waals surface area contributed by atoms with Gasteiger partial charge in [-0.1, -0.05) is 19.1 Å². The first-order valence-electron chi connectivity index (χ1n) is 4.83. The Morgan fingerprint density at radius 2 is 2.00 bits per heavy atom. The molecule has 0 spiro atoms. The van der Waals surface area contributed by atoms with E-state index in [0.717, 1.165) is 11.3 Å². The monoisotopic (exact) mass is 211 g/mol. The topological polar surface area (TPSA) is 32.3 Å². The minimum absolute atomic E-state index is 0.402. The number of nitrogens with one attached hydrogen (secondary N) is 1. The van der Waals surface area contributed by atoms with Crippen molar-refractivity contribution in [3.63, 3.8) is 0 Å². The van der Waals surface area contributed by atoms with Gasteiger partial charge in [-0.05, 0) is 30.5 Å². The van der Waals surface area contributed by atoms with Gasteiger partial charge in [-0.15, -0.1) is 11.8 Å². The van der Waals surface area contributed by atoms with Gasteiger partial charge in [0.2, 0.25) is 0 Å². The van der Waals surface area contributed by atoms with Gasteiger partial charge >= 0.3 is 0 Å². The van der Waals surface area contributed by atoms with Crippen molar-refractivity contribution in [3.05, 3.63) is 29.8 Å². The van der Waals surface area contributed by atoms with Gasteiger partial charge in [0.05, 0.1) is 6.10 Å². The zero-order chi connectivity index (χ0) is 10.4. The lowest BCUT2D eigenvalue weighted by molar-refractivity contribution is 0.177. The summed E-state index contributed by atoms with van der Waals surface area (Å²) in [4.78, 5) is 1.26. The molecule has 2 N–H and O–H groups in total. The van der Waals surface area contributed by atoms with E-state index in [1.165, 1.54) is 4.90 Å². The minimum Gasteiger partial charge on any atom is -0.387 e. The van der Waals surface area contributed by atoms with Gasteiger partial charge in [-0.25, -0.2) is 0 Å². The summed E-state index contributed by atoms with van der Waals surface area (Å²) >= 11 is 1.81. The van der Waals surface area contributed by atoms with Crippen molar-refractivity contribution >= 4 is 11.8 Å². The molecule has 0 radical (unpaired) electrons. The molecule has 1 aromatic carbocycles. The third-order valence-electron chi connectivity index (χ3n) is 1.97. The first-order valence-corrected chi connectivity index (χ1v) is 5.82. The highest BCUT2D eigenvalue weighted by atomic mass is 32.2. The molecule has 2 nitrogen and oxygen atoms in total. The fourth-order valence-corrected chi connectivity index (χ4v) is 1.93. The van der Waals surface area contributed by atoms with Gasteiger partial charge in [0, 0.05) is 11.4 Å². The SMILES string of the molecule is CCSc1ccc(C(O)CNC)cc1. The van der Waals surface area contributed by atoms with E-state index < -0.39 is 6.10 Å². The van der Waals surface area contributed by atoms with E-state index in [1.54, 1.807) is 0 Å². The Bertz CT molecular complexity index is 260. The molecule has 0 saturated carbocycles. The lowest BCUT2D eigenvalue weighted by Crippen LogP contribution is -2.16. The molecule has 0 aromatic heterocycles. The Balaban J connectivity index is 2.62. The number of benzene rings is 1. The number of aliphatic hydroxyl groups excluding tert-OH is 1. The van der Waals surface area contributed by atoms with E-state index in [2.05, 4.69) is 24.4 Å². The van der Waals surface area contributed by atoms with Crippen molar-refractivity contribution < 1.29 is 5.11 Å². The van der Waals surface area contributed by atoms with Crippen molar-refractivity contribution in [2.75, 3.05) is 19.3 Å². The van der Waals surface area contributed by atoms with Crippen LogP contribution in [0.15, 0.2) is 29.2 Å². The molecule has 1 rings (SSSR count). The highest BCUT2D eigenvalue weighted by Crippen LogP contribution is 2.20. The number of thioether (sulfide) groups is 1. The molecule has 0 fully saturated rings. The van der Waals surface area contributed by atoms with E-state index in [-0.39, 0.29) is 0 Å². The molecular formula is C11H17NOS. The van der Waals surface area contributed by atoms with Crippen LogP contribution in [-0.4, -0.2) is 24.5 Å². The smallest absolute Gasteiger partial charge is 0.0914 e. The van der Waals surface area contributed by atoms with Crippen LogP contribution in [0.3, 0.4) is 0 Å². The molecule has 1 aromatic rings. The van der Waals surface area contributed by atoms with Gasteiger partial charge < -0.3 is 10.4 Å². The van der Waals surface area contributed by atoms with Crippen molar-refractivity contribution in [1.82, 2.24) is 5.32 Å². The molecule has 14 heavy (non-hydrogen) atoms. The van der Waals surface area contributed by atoms with E-state index in [0.29, 0.717) is 6.54 Å². The van der Waals surface area contributed by atoms with E-state index >= 15 is 0 Å². The molecule has 78 valence electrons. The maximum Gasteiger partial charge on any atom is 0.0914 e. The zero-order valence-corrected chi connectivity index (χ0v) is 9.47. The van der Waals surface area contributed by atoms with Gasteiger partial charge in [0.15, 0.2) is 0 Å². The molecule has 1 atom stereocenters. The van der Waals surface area contributed by atoms with Gasteiger partial charge in [-0.3, -0.25) is 0 Å². The van der Waals surface area contributed by atoms with E-state index in [4.69, 9.17) is 0 Å². The van der Waals surface area contributed by atoms with Crippen LogP contribution in [0.2, 0.25) is 0 Å². The van der Waals surface area contributed by atoms with Crippen LogP contribution in [0.4, 0.5) is 0 Å². The van der Waals surface area contributed by atoms with Gasteiger partial charge in [-0.2, -0.15) is 0 Å². The summed E-state index contributed by atoms with van der Waals surface area (Å²) in [6.07, 6.45) is -0.402. The summed E-state index contributed by atoms with van der Waals surface area (Å²) in [6, 6.07) is 8.09. The Kier molecular flexibility index (Phi) is 5.01. The van der Waals surface area contributed by atoms with Crippen LogP contribution >= 0.6 is 11.8 Å². The number of likely N-dealkylation sites (N-methyl/N-ethyl adjacent to an activating group) is 1. The standard InChI is InChI=1S/C11H17NOS/c1-3-14-10-6-4-9(5-7-10)11(13)8-12-2/h4-7,11-13H,3,8H2,1-2H3. The molecule has 0 amide bonds. The molecule has 0 aliphatic heterocycles. The normalized spacial score (nSPS) is 12.8. The quantitative estimate of drug-likeness (QED) is 0.731. The van der Waals surface area contributed by atoms with E-state index in [1.807, 2.05) is 30.9 Å². The Morgan fingerprint density at radius 1 is 1.36 bits per heavy atom. The summed E-state index contributed by atoms with van der Waals surface area (Å²) in [5, 5.41) is 12.6. The highest BCUT2D eigenvalue weighted by molar-refractivity contribution is 7.99. The predicted molar refractivity (Wildman–Crippen MR) is 61.7 cm³/mol. The van der Waals surface area contributed by atoms with Crippen molar-refractivity contribution in [2.24, 2.45) is 0 Å². The largest absolute Gasteiger partial charge is 0.387 e. The maximum absolute atomic E-state index is 9.67. The molecule has 0 heterocycles. The van der Waals surface area contributed by atoms with Gasteiger partial charge in [0.25, 0.3) is 0 Å². The summed E-state index contributed by atoms with van der Waals surface area (Å²) in [6.45, 7) is 2.73. The fourth-order valence-electron chi connectivity index (χ4n) is 1.26. The maximum atomic E-state index is 9.67. The fraction of sp³-hybridized carbons (Fsp3) is 0.455. The van der Waals surface area contributed by atoms with Crippen molar-refractivity contribution in [1.29, 1.82) is 0 Å². The molecule has 0 aliphatic rings. The van der Waals surface area contributed by atoms with Crippen molar-refractivity contribution in [2.45, 2.75) is 17.9 Å². The minimum atomic E-state index is -0.402. The first-order chi connectivity index (χ1) is 6.77. The third-order valence-corrected chi connectivity index (χ3v) is 2.87. The molecule has 0 saturated heterocycles. The number of hydrogen-bond donors (Lipinski definition) is 2. The Hall–Kier alpha value is -0.510. The third kappa shape index (κ3) is 3.33. The first kappa shape index (κ1) is 11.6. The lowest BCUT2D eigenvalue weighted by Gasteiger charge is -2.10. The van der Waals surface area contributed by atoms with E-state index in [9.17, 15) is 5.11 Å². The molecular weight excluding hydrogens is 194 g/mol. The molecule has 3 heteroatoms. The average Bonchev–Trinajstić information content (AvgIpc) is 2.20. The summed E-state index contributed by atoms with van der Waals surface area (Å²) in [5.74, 6) is 1.08. The highest BCUT2D eigenvalue weighted by Gasteiger charge is 2.05. The molecule has 0 bridgehead atoms. The number of rotatable bonds is 5. The summed E-state index contributed by atoms with van der Waals surface area (Å²) in [7, 11) is 1.84.